The van der Waals surface area contributed by atoms with Crippen molar-refractivity contribution in [2.75, 3.05) is 32.8 Å². The highest BCUT2D eigenvalue weighted by atomic mass is 16.6. The summed E-state index contributed by atoms with van der Waals surface area (Å²) in [5, 5.41) is 0. The smallest absolute Gasteiger partial charge is 0.410 e. The maximum absolute atomic E-state index is 12.3. The minimum atomic E-state index is -0.534. The van der Waals surface area contributed by atoms with Gasteiger partial charge in [0.2, 0.25) is 11.8 Å². The first-order valence-corrected chi connectivity index (χ1v) is 8.95. The number of rotatable bonds is 5. The zero-order chi connectivity index (χ0) is 19.5. The Labute approximate surface area is 154 Å². The van der Waals surface area contributed by atoms with Gasteiger partial charge in [0.25, 0.3) is 0 Å². The van der Waals surface area contributed by atoms with Gasteiger partial charge < -0.3 is 25.0 Å². The van der Waals surface area contributed by atoms with Crippen LogP contribution in [0.1, 0.15) is 34.1 Å². The summed E-state index contributed by atoms with van der Waals surface area (Å²) in [5.74, 6) is -0.887. The van der Waals surface area contributed by atoms with Crippen molar-refractivity contribution in [3.63, 3.8) is 0 Å². The first-order valence-electron chi connectivity index (χ1n) is 8.95. The zero-order valence-corrected chi connectivity index (χ0v) is 16.0. The van der Waals surface area contributed by atoms with Gasteiger partial charge in [-0.3, -0.25) is 9.59 Å². The molecule has 1 aliphatic heterocycles. The van der Waals surface area contributed by atoms with E-state index in [9.17, 15) is 14.4 Å². The summed E-state index contributed by atoms with van der Waals surface area (Å²) in [6, 6.07) is 0. The second kappa shape index (κ2) is 8.07. The van der Waals surface area contributed by atoms with Crippen molar-refractivity contribution < 1.29 is 23.9 Å². The van der Waals surface area contributed by atoms with E-state index >= 15 is 0 Å². The van der Waals surface area contributed by atoms with Crippen LogP contribution in [0.25, 0.3) is 0 Å². The van der Waals surface area contributed by atoms with Crippen LogP contribution in [-0.2, 0) is 19.1 Å². The molecule has 2 atom stereocenters. The fourth-order valence-electron chi connectivity index (χ4n) is 2.86. The van der Waals surface area contributed by atoms with Gasteiger partial charge in [0.05, 0.1) is 12.0 Å². The van der Waals surface area contributed by atoms with E-state index in [2.05, 4.69) is 0 Å². The fourth-order valence-corrected chi connectivity index (χ4v) is 2.86. The highest BCUT2D eigenvalue weighted by molar-refractivity contribution is 5.80. The van der Waals surface area contributed by atoms with Gasteiger partial charge in [0, 0.05) is 26.2 Å². The van der Waals surface area contributed by atoms with E-state index < -0.39 is 11.5 Å². The lowest BCUT2D eigenvalue weighted by molar-refractivity contribution is -0.139. The van der Waals surface area contributed by atoms with E-state index in [1.807, 2.05) is 26.8 Å². The van der Waals surface area contributed by atoms with Crippen molar-refractivity contribution in [2.24, 2.45) is 11.7 Å². The van der Waals surface area contributed by atoms with Crippen LogP contribution < -0.4 is 5.73 Å². The number of hydrogen-bond acceptors (Lipinski definition) is 5. The summed E-state index contributed by atoms with van der Waals surface area (Å²) in [4.78, 5) is 38.9. The van der Waals surface area contributed by atoms with Crippen LogP contribution >= 0.6 is 0 Å². The maximum Gasteiger partial charge on any atom is 0.410 e. The predicted octanol–water partition coefficient (Wildman–Crippen LogP) is 0.902. The average Bonchev–Trinajstić information content (AvgIpc) is 2.52. The van der Waals surface area contributed by atoms with Crippen molar-refractivity contribution in [1.82, 2.24) is 9.80 Å². The van der Waals surface area contributed by atoms with Crippen LogP contribution in [0.4, 0.5) is 4.79 Å². The van der Waals surface area contributed by atoms with Gasteiger partial charge >= 0.3 is 6.09 Å². The van der Waals surface area contributed by atoms with Gasteiger partial charge in [-0.2, -0.15) is 0 Å². The number of carbonyl (C=O) groups is 3. The molecule has 1 fully saturated rings. The number of primary amides is 1. The predicted molar refractivity (Wildman–Crippen MR) is 95.2 cm³/mol. The summed E-state index contributed by atoms with van der Waals surface area (Å²) in [6.07, 6.45) is 2.03. The van der Waals surface area contributed by atoms with Crippen LogP contribution in [0.15, 0.2) is 11.6 Å². The molecule has 0 aromatic heterocycles. The topological polar surface area (TPSA) is 102 Å². The second-order valence-electron chi connectivity index (χ2n) is 7.71. The van der Waals surface area contributed by atoms with Crippen molar-refractivity contribution in [3.8, 4) is 0 Å². The van der Waals surface area contributed by atoms with E-state index in [-0.39, 0.29) is 30.6 Å². The van der Waals surface area contributed by atoms with Crippen LogP contribution in [0, 0.1) is 5.92 Å². The van der Waals surface area contributed by atoms with E-state index in [0.29, 0.717) is 32.6 Å². The van der Waals surface area contributed by atoms with Gasteiger partial charge in [0.1, 0.15) is 12.2 Å². The first kappa shape index (κ1) is 20.2. The second-order valence-corrected chi connectivity index (χ2v) is 7.71. The summed E-state index contributed by atoms with van der Waals surface area (Å²) >= 11 is 0. The number of hydrogen-bond donors (Lipinski definition) is 1. The van der Waals surface area contributed by atoms with Gasteiger partial charge in [-0.25, -0.2) is 4.79 Å². The largest absolute Gasteiger partial charge is 0.444 e. The highest BCUT2D eigenvalue weighted by Gasteiger charge is 2.31. The molecule has 1 unspecified atom stereocenters. The molecule has 0 aromatic rings. The molecule has 3 amide bonds. The lowest BCUT2D eigenvalue weighted by Crippen LogP contribution is -2.52. The third-order valence-corrected chi connectivity index (χ3v) is 4.56. The zero-order valence-electron chi connectivity index (χ0n) is 16.0. The number of nitrogens with zero attached hydrogens (tertiary/aromatic N) is 2. The minimum absolute atomic E-state index is 0.0417. The third-order valence-electron chi connectivity index (χ3n) is 4.56. The third kappa shape index (κ3) is 5.20. The molecular formula is C18H29N3O5. The molecule has 0 bridgehead atoms. The molecule has 26 heavy (non-hydrogen) atoms. The SMILES string of the molecule is CC(C(N)=O)C1=CC[C@H]1OCC(=O)N1CCN(C(=O)OC(C)(C)C)CC1. The standard InChI is InChI=1S/C18H29N3O5/c1-12(16(19)23)13-5-6-14(13)25-11-15(22)20-7-9-21(10-8-20)17(24)26-18(2,3)4/h5,12,14H,6-11H2,1-4H3,(H2,19,23)/t12?,14-/m1/s1. The lowest BCUT2D eigenvalue weighted by Gasteiger charge is -2.36. The van der Waals surface area contributed by atoms with E-state index in [4.69, 9.17) is 15.2 Å². The molecule has 2 rings (SSSR count). The Hall–Kier alpha value is -2.09. The van der Waals surface area contributed by atoms with Gasteiger partial charge in [0.15, 0.2) is 0 Å². The molecule has 2 N–H and O–H groups in total. The Morgan fingerprint density at radius 1 is 1.19 bits per heavy atom. The molecule has 146 valence electrons. The molecule has 1 aliphatic carbocycles. The highest BCUT2D eigenvalue weighted by Crippen LogP contribution is 2.29. The number of ether oxygens (including phenoxy) is 2. The Morgan fingerprint density at radius 3 is 2.23 bits per heavy atom. The van der Waals surface area contributed by atoms with Crippen molar-refractivity contribution in [1.29, 1.82) is 0 Å². The van der Waals surface area contributed by atoms with Crippen LogP contribution in [0.3, 0.4) is 0 Å². The van der Waals surface area contributed by atoms with E-state index in [1.54, 1.807) is 16.7 Å². The molecule has 0 aromatic carbocycles. The minimum Gasteiger partial charge on any atom is -0.444 e. The Kier molecular flexibility index (Phi) is 6.28. The molecule has 1 saturated heterocycles. The van der Waals surface area contributed by atoms with Crippen LogP contribution in [-0.4, -0.2) is 72.2 Å². The Morgan fingerprint density at radius 2 is 1.77 bits per heavy atom. The monoisotopic (exact) mass is 367 g/mol. The molecule has 2 aliphatic rings. The van der Waals surface area contributed by atoms with Crippen LogP contribution in [0.5, 0.6) is 0 Å². The molecular weight excluding hydrogens is 338 g/mol. The van der Waals surface area contributed by atoms with Crippen molar-refractivity contribution in [2.45, 2.75) is 45.8 Å². The first-order chi connectivity index (χ1) is 12.1. The summed E-state index contributed by atoms with van der Waals surface area (Å²) < 4.78 is 11.0. The molecule has 0 saturated carbocycles. The van der Waals surface area contributed by atoms with E-state index in [0.717, 1.165) is 5.57 Å². The van der Waals surface area contributed by atoms with Crippen molar-refractivity contribution >= 4 is 17.9 Å². The molecule has 0 spiro atoms. The van der Waals surface area contributed by atoms with Crippen molar-refractivity contribution in [3.05, 3.63) is 11.6 Å². The summed E-state index contributed by atoms with van der Waals surface area (Å²) in [7, 11) is 0. The number of amides is 3. The molecule has 8 heteroatoms. The normalized spacial score (nSPS) is 21.5. The maximum atomic E-state index is 12.3. The quantitative estimate of drug-likeness (QED) is 0.728. The van der Waals surface area contributed by atoms with Gasteiger partial charge in [-0.05, 0) is 39.7 Å². The number of carbonyl (C=O) groups excluding carboxylic acids is 3. The van der Waals surface area contributed by atoms with Crippen LogP contribution in [0.2, 0.25) is 0 Å². The lowest BCUT2D eigenvalue weighted by atomic mass is 9.85. The summed E-state index contributed by atoms with van der Waals surface area (Å²) in [6.45, 7) is 8.95. The number of piperazine rings is 1. The van der Waals surface area contributed by atoms with Gasteiger partial charge in [-0.1, -0.05) is 6.08 Å². The average molecular weight is 367 g/mol. The fraction of sp³-hybridized carbons (Fsp3) is 0.722. The molecule has 0 radical (unpaired) electrons. The molecule has 1 heterocycles. The molecule has 8 nitrogen and oxygen atoms in total. The Bertz CT molecular complexity index is 588. The van der Waals surface area contributed by atoms with E-state index in [1.165, 1.54) is 0 Å². The van der Waals surface area contributed by atoms with Gasteiger partial charge in [-0.15, -0.1) is 0 Å². The summed E-state index contributed by atoms with van der Waals surface area (Å²) in [5.41, 5.74) is 5.62. The number of nitrogens with two attached hydrogens (primary N) is 1. The Balaban J connectivity index is 1.73.